The zero-order chi connectivity index (χ0) is 8.55. The fraction of sp³-hybridized carbons (Fsp3) is 0.333. The maximum absolute atomic E-state index is 3.48. The highest BCUT2D eigenvalue weighted by Gasteiger charge is 2.18. The summed E-state index contributed by atoms with van der Waals surface area (Å²) in [7, 11) is 0. The molecule has 1 heterocycles. The third-order valence-corrected chi connectivity index (χ3v) is 3.03. The maximum Gasteiger partial charge on any atom is 0.0333 e. The Balaban J connectivity index is 2.30. The van der Waals surface area contributed by atoms with Crippen LogP contribution in [0.2, 0.25) is 0 Å². The van der Waals surface area contributed by atoms with Gasteiger partial charge in [0, 0.05) is 15.0 Å². The van der Waals surface area contributed by atoms with Crippen molar-refractivity contribution >= 4 is 31.9 Å². The van der Waals surface area contributed by atoms with Gasteiger partial charge in [0.1, 0.15) is 0 Å². The molecule has 1 aromatic rings. The average Bonchev–Trinajstić information content (AvgIpc) is 1.79. The number of hydrogen-bond donors (Lipinski definition) is 1. The van der Waals surface area contributed by atoms with Crippen molar-refractivity contribution in [1.82, 2.24) is 5.32 Å². The maximum atomic E-state index is 3.48. The predicted molar refractivity (Wildman–Crippen MR) is 57.2 cm³/mol. The van der Waals surface area contributed by atoms with Crippen LogP contribution in [0.15, 0.2) is 27.1 Å². The number of hydrogen-bond acceptors (Lipinski definition) is 1. The van der Waals surface area contributed by atoms with Crippen LogP contribution >= 0.6 is 31.9 Å². The van der Waals surface area contributed by atoms with E-state index in [-0.39, 0.29) is 0 Å². The molecule has 0 aliphatic carbocycles. The molecule has 0 radical (unpaired) electrons. The van der Waals surface area contributed by atoms with Crippen molar-refractivity contribution in [2.24, 2.45) is 0 Å². The molecule has 0 unspecified atom stereocenters. The SMILES string of the molecule is Brc1cc(Br)cc([C@H]2CCN2)c1. The number of nitrogens with one attached hydrogen (secondary N) is 1. The summed E-state index contributed by atoms with van der Waals surface area (Å²) in [4.78, 5) is 0. The first-order valence-electron chi connectivity index (χ1n) is 3.95. The van der Waals surface area contributed by atoms with Gasteiger partial charge in [-0.2, -0.15) is 0 Å². The first-order valence-corrected chi connectivity index (χ1v) is 5.54. The molecule has 0 bridgehead atoms. The molecule has 1 aliphatic rings. The van der Waals surface area contributed by atoms with Crippen LogP contribution in [0.3, 0.4) is 0 Å². The molecule has 1 nitrogen and oxygen atoms in total. The lowest BCUT2D eigenvalue weighted by Gasteiger charge is -2.28. The van der Waals surface area contributed by atoms with Crippen LogP contribution in [0, 0.1) is 0 Å². The minimum Gasteiger partial charge on any atom is -0.310 e. The zero-order valence-electron chi connectivity index (χ0n) is 6.48. The lowest BCUT2D eigenvalue weighted by molar-refractivity contribution is 0.383. The van der Waals surface area contributed by atoms with Gasteiger partial charge in [-0.3, -0.25) is 0 Å². The van der Waals surface area contributed by atoms with E-state index in [1.165, 1.54) is 12.0 Å². The van der Waals surface area contributed by atoms with Crippen LogP contribution in [0.5, 0.6) is 0 Å². The Hall–Kier alpha value is 0.140. The van der Waals surface area contributed by atoms with E-state index in [1.54, 1.807) is 0 Å². The van der Waals surface area contributed by atoms with Crippen LogP contribution < -0.4 is 5.32 Å². The Kier molecular flexibility index (Phi) is 2.53. The lowest BCUT2D eigenvalue weighted by atomic mass is 9.98. The second-order valence-corrected chi connectivity index (χ2v) is 4.83. The Bertz CT molecular complexity index is 274. The van der Waals surface area contributed by atoms with Gasteiger partial charge in [-0.05, 0) is 36.7 Å². The Morgan fingerprint density at radius 1 is 1.17 bits per heavy atom. The Morgan fingerprint density at radius 3 is 2.17 bits per heavy atom. The van der Waals surface area contributed by atoms with Crippen molar-refractivity contribution in [3.05, 3.63) is 32.7 Å². The smallest absolute Gasteiger partial charge is 0.0333 e. The summed E-state index contributed by atoms with van der Waals surface area (Å²) < 4.78 is 2.28. The second-order valence-electron chi connectivity index (χ2n) is 3.00. The summed E-state index contributed by atoms with van der Waals surface area (Å²) in [6.45, 7) is 1.15. The molecule has 1 aromatic carbocycles. The topological polar surface area (TPSA) is 12.0 Å². The van der Waals surface area contributed by atoms with E-state index in [0.29, 0.717) is 6.04 Å². The molecule has 1 aliphatic heterocycles. The minimum atomic E-state index is 0.568. The van der Waals surface area contributed by atoms with Crippen LogP contribution in [-0.2, 0) is 0 Å². The van der Waals surface area contributed by atoms with Gasteiger partial charge in [0.15, 0.2) is 0 Å². The monoisotopic (exact) mass is 289 g/mol. The van der Waals surface area contributed by atoms with Gasteiger partial charge in [0.05, 0.1) is 0 Å². The molecule has 0 aromatic heterocycles. The highest BCUT2D eigenvalue weighted by Crippen LogP contribution is 2.28. The van der Waals surface area contributed by atoms with Crippen molar-refractivity contribution < 1.29 is 0 Å². The van der Waals surface area contributed by atoms with Gasteiger partial charge in [0.25, 0.3) is 0 Å². The predicted octanol–water partition coefficient (Wildman–Crippen LogP) is 3.25. The molecule has 64 valence electrons. The van der Waals surface area contributed by atoms with Gasteiger partial charge < -0.3 is 5.32 Å². The molecule has 1 atom stereocenters. The molecule has 1 saturated heterocycles. The normalized spacial score (nSPS) is 22.0. The lowest BCUT2D eigenvalue weighted by Crippen LogP contribution is -2.34. The van der Waals surface area contributed by atoms with E-state index < -0.39 is 0 Å². The first kappa shape index (κ1) is 8.73. The standard InChI is InChI=1S/C9H9Br2N/c10-7-3-6(4-8(11)5-7)9-1-2-12-9/h3-5,9,12H,1-2H2/t9-/m1/s1. The number of rotatable bonds is 1. The van der Waals surface area contributed by atoms with E-state index in [2.05, 4.69) is 55.4 Å². The number of halogens is 2. The molecule has 12 heavy (non-hydrogen) atoms. The van der Waals surface area contributed by atoms with Crippen LogP contribution in [0.4, 0.5) is 0 Å². The molecule has 0 saturated carbocycles. The summed E-state index contributed by atoms with van der Waals surface area (Å²) in [5.74, 6) is 0. The molecule has 1 N–H and O–H groups in total. The molecule has 0 amide bonds. The van der Waals surface area contributed by atoms with Gasteiger partial charge in [-0.1, -0.05) is 31.9 Å². The van der Waals surface area contributed by atoms with Crippen molar-refractivity contribution in [2.75, 3.05) is 6.54 Å². The van der Waals surface area contributed by atoms with Crippen LogP contribution in [0.25, 0.3) is 0 Å². The Morgan fingerprint density at radius 2 is 1.75 bits per heavy atom. The van der Waals surface area contributed by atoms with Gasteiger partial charge in [0.2, 0.25) is 0 Å². The van der Waals surface area contributed by atoms with Gasteiger partial charge >= 0.3 is 0 Å². The van der Waals surface area contributed by atoms with Crippen LogP contribution in [-0.4, -0.2) is 6.54 Å². The summed E-state index contributed by atoms with van der Waals surface area (Å²) in [5, 5.41) is 3.37. The van der Waals surface area contributed by atoms with E-state index in [4.69, 9.17) is 0 Å². The van der Waals surface area contributed by atoms with E-state index >= 15 is 0 Å². The van der Waals surface area contributed by atoms with E-state index in [0.717, 1.165) is 15.5 Å². The second kappa shape index (κ2) is 3.48. The summed E-state index contributed by atoms with van der Waals surface area (Å²) in [6.07, 6.45) is 1.25. The fourth-order valence-electron chi connectivity index (χ4n) is 1.35. The third kappa shape index (κ3) is 1.73. The van der Waals surface area contributed by atoms with Crippen molar-refractivity contribution in [3.63, 3.8) is 0 Å². The van der Waals surface area contributed by atoms with E-state index in [1.807, 2.05) is 0 Å². The number of benzene rings is 1. The summed E-state index contributed by atoms with van der Waals surface area (Å²) in [6, 6.07) is 6.96. The van der Waals surface area contributed by atoms with Gasteiger partial charge in [-0.25, -0.2) is 0 Å². The van der Waals surface area contributed by atoms with E-state index in [9.17, 15) is 0 Å². The zero-order valence-corrected chi connectivity index (χ0v) is 9.65. The average molecular weight is 291 g/mol. The Labute approximate surface area is 88.8 Å². The van der Waals surface area contributed by atoms with Crippen molar-refractivity contribution in [1.29, 1.82) is 0 Å². The molecule has 1 fully saturated rings. The van der Waals surface area contributed by atoms with Crippen molar-refractivity contribution in [3.8, 4) is 0 Å². The van der Waals surface area contributed by atoms with Gasteiger partial charge in [-0.15, -0.1) is 0 Å². The third-order valence-electron chi connectivity index (χ3n) is 2.11. The summed E-state index contributed by atoms with van der Waals surface area (Å²) >= 11 is 6.95. The molecule has 3 heteroatoms. The van der Waals surface area contributed by atoms with Crippen LogP contribution in [0.1, 0.15) is 18.0 Å². The fourth-order valence-corrected chi connectivity index (χ4v) is 2.68. The molecular formula is C9H9Br2N. The highest BCUT2D eigenvalue weighted by molar-refractivity contribution is 9.11. The molecular weight excluding hydrogens is 282 g/mol. The quantitative estimate of drug-likeness (QED) is 0.837. The summed E-state index contributed by atoms with van der Waals surface area (Å²) in [5.41, 5.74) is 1.36. The highest BCUT2D eigenvalue weighted by atomic mass is 79.9. The largest absolute Gasteiger partial charge is 0.310 e. The van der Waals surface area contributed by atoms with Crippen molar-refractivity contribution in [2.45, 2.75) is 12.5 Å². The molecule has 0 spiro atoms. The first-order chi connectivity index (χ1) is 5.75. The minimum absolute atomic E-state index is 0.568. The molecule has 2 rings (SSSR count).